The maximum atomic E-state index is 11.3. The Labute approximate surface area is 127 Å². The first kappa shape index (κ1) is 15.4. The molecule has 1 saturated heterocycles. The van der Waals surface area contributed by atoms with Gasteiger partial charge in [0.25, 0.3) is 0 Å². The molecule has 1 atom stereocenters. The highest BCUT2D eigenvalue weighted by molar-refractivity contribution is 6.42. The number of hydrogen-bond acceptors (Lipinski definition) is 3. The molecule has 0 radical (unpaired) electrons. The van der Waals surface area contributed by atoms with Gasteiger partial charge >= 0.3 is 0 Å². The van der Waals surface area contributed by atoms with E-state index in [0.29, 0.717) is 36.5 Å². The number of phenolic OH excluding ortho intramolecular Hbond substituents is 1. The minimum absolute atomic E-state index is 0.00579. The molecule has 4 nitrogen and oxygen atoms in total. The number of rotatable bonds is 2. The second-order valence-corrected chi connectivity index (χ2v) is 5.93. The lowest BCUT2D eigenvalue weighted by Gasteiger charge is -2.34. The highest BCUT2D eigenvalue weighted by atomic mass is 35.5. The zero-order valence-electron chi connectivity index (χ0n) is 11.1. The van der Waals surface area contributed by atoms with Crippen molar-refractivity contribution in [1.29, 1.82) is 0 Å². The number of phenols is 1. The maximum Gasteiger partial charge on any atom is 0.219 e. The summed E-state index contributed by atoms with van der Waals surface area (Å²) in [4.78, 5) is 13.0. The van der Waals surface area contributed by atoms with Crippen LogP contribution in [0.4, 0.5) is 0 Å². The van der Waals surface area contributed by atoms with Crippen molar-refractivity contribution in [3.63, 3.8) is 0 Å². The van der Waals surface area contributed by atoms with Crippen LogP contribution in [0.15, 0.2) is 12.1 Å². The molecule has 0 saturated carbocycles. The average Bonchev–Trinajstić information content (AvgIpc) is 2.42. The van der Waals surface area contributed by atoms with Crippen molar-refractivity contribution in [2.24, 2.45) is 5.92 Å². The lowest BCUT2D eigenvalue weighted by atomic mass is 9.87. The number of aliphatic hydroxyl groups excluding tert-OH is 1. The number of likely N-dealkylation sites (tertiary alicyclic amines) is 1. The van der Waals surface area contributed by atoms with E-state index in [-0.39, 0.29) is 22.6 Å². The van der Waals surface area contributed by atoms with E-state index in [2.05, 4.69) is 0 Å². The number of halogens is 2. The number of amides is 1. The van der Waals surface area contributed by atoms with Gasteiger partial charge in [0.05, 0.1) is 16.1 Å². The molecule has 1 amide bonds. The number of aliphatic hydroxyl groups is 1. The summed E-state index contributed by atoms with van der Waals surface area (Å²) in [6, 6.07) is 2.84. The fourth-order valence-electron chi connectivity index (χ4n) is 2.57. The van der Waals surface area contributed by atoms with Crippen LogP contribution in [0.1, 0.15) is 31.4 Å². The molecule has 2 rings (SSSR count). The summed E-state index contributed by atoms with van der Waals surface area (Å²) in [7, 11) is 0. The molecule has 2 N–H and O–H groups in total. The first-order valence-corrected chi connectivity index (χ1v) is 7.27. The summed E-state index contributed by atoms with van der Waals surface area (Å²) in [6.45, 7) is 2.79. The molecular weight excluding hydrogens is 301 g/mol. The zero-order valence-corrected chi connectivity index (χ0v) is 12.7. The van der Waals surface area contributed by atoms with Gasteiger partial charge in [0, 0.05) is 31.6 Å². The van der Waals surface area contributed by atoms with Crippen LogP contribution in [-0.2, 0) is 4.79 Å². The number of benzene rings is 1. The smallest absolute Gasteiger partial charge is 0.219 e. The van der Waals surface area contributed by atoms with Crippen LogP contribution in [0.5, 0.6) is 5.75 Å². The van der Waals surface area contributed by atoms with E-state index in [0.717, 1.165) is 0 Å². The van der Waals surface area contributed by atoms with E-state index < -0.39 is 6.10 Å². The molecule has 20 heavy (non-hydrogen) atoms. The molecule has 1 fully saturated rings. The van der Waals surface area contributed by atoms with Crippen LogP contribution >= 0.6 is 23.2 Å². The summed E-state index contributed by atoms with van der Waals surface area (Å²) in [5.74, 6) is -0.00929. The minimum Gasteiger partial charge on any atom is -0.508 e. The molecule has 1 unspecified atom stereocenters. The Morgan fingerprint density at radius 2 is 1.85 bits per heavy atom. The Morgan fingerprint density at radius 1 is 1.30 bits per heavy atom. The van der Waals surface area contributed by atoms with Crippen molar-refractivity contribution in [2.45, 2.75) is 25.9 Å². The molecule has 0 aliphatic carbocycles. The van der Waals surface area contributed by atoms with Crippen molar-refractivity contribution in [1.82, 2.24) is 4.90 Å². The summed E-state index contributed by atoms with van der Waals surface area (Å²) >= 11 is 11.7. The van der Waals surface area contributed by atoms with Gasteiger partial charge in [-0.15, -0.1) is 0 Å². The Bertz CT molecular complexity index is 513. The van der Waals surface area contributed by atoms with Crippen molar-refractivity contribution < 1.29 is 15.0 Å². The van der Waals surface area contributed by atoms with Gasteiger partial charge in [-0.3, -0.25) is 4.79 Å². The fourth-order valence-corrected chi connectivity index (χ4v) is 2.90. The number of aromatic hydroxyl groups is 1. The predicted octanol–water partition coefficient (Wildman–Crippen LogP) is 2.99. The standard InChI is InChI=1S/C14H17Cl2NO3/c1-8(18)17-4-2-9(3-5-17)14(20)10-6-11(15)12(16)7-13(10)19/h6-7,9,14,19-20H,2-5H2,1H3. The Morgan fingerprint density at radius 3 is 2.40 bits per heavy atom. The third-order valence-corrected chi connectivity index (χ3v) is 4.54. The normalized spacial score (nSPS) is 18.1. The first-order valence-electron chi connectivity index (χ1n) is 6.51. The maximum absolute atomic E-state index is 11.3. The van der Waals surface area contributed by atoms with Crippen LogP contribution in [0, 0.1) is 5.92 Å². The number of carbonyl (C=O) groups excluding carboxylic acids is 1. The van der Waals surface area contributed by atoms with Crippen molar-refractivity contribution in [3.8, 4) is 5.75 Å². The van der Waals surface area contributed by atoms with Crippen LogP contribution in [0.2, 0.25) is 10.0 Å². The first-order chi connectivity index (χ1) is 9.40. The Balaban J connectivity index is 2.11. The van der Waals surface area contributed by atoms with Crippen LogP contribution < -0.4 is 0 Å². The molecular formula is C14H17Cl2NO3. The largest absolute Gasteiger partial charge is 0.508 e. The van der Waals surface area contributed by atoms with Crippen molar-refractivity contribution in [3.05, 3.63) is 27.7 Å². The van der Waals surface area contributed by atoms with Gasteiger partial charge in [-0.05, 0) is 24.8 Å². The SMILES string of the molecule is CC(=O)N1CCC(C(O)c2cc(Cl)c(Cl)cc2O)CC1. The van der Waals surface area contributed by atoms with E-state index in [1.54, 1.807) is 11.8 Å². The third kappa shape index (κ3) is 3.19. The molecule has 0 spiro atoms. The molecule has 1 heterocycles. The van der Waals surface area contributed by atoms with Gasteiger partial charge in [-0.1, -0.05) is 23.2 Å². The van der Waals surface area contributed by atoms with Gasteiger partial charge in [-0.25, -0.2) is 0 Å². The summed E-state index contributed by atoms with van der Waals surface area (Å²) in [5.41, 5.74) is 0.390. The lowest BCUT2D eigenvalue weighted by molar-refractivity contribution is -0.130. The monoisotopic (exact) mass is 317 g/mol. The third-order valence-electron chi connectivity index (χ3n) is 3.82. The topological polar surface area (TPSA) is 60.8 Å². The Kier molecular flexibility index (Phi) is 4.78. The molecule has 1 aliphatic heterocycles. The molecule has 6 heteroatoms. The quantitative estimate of drug-likeness (QED) is 0.881. The molecule has 1 aromatic carbocycles. The van der Waals surface area contributed by atoms with E-state index in [1.807, 2.05) is 0 Å². The fraction of sp³-hybridized carbons (Fsp3) is 0.500. The average molecular weight is 318 g/mol. The molecule has 0 aromatic heterocycles. The van der Waals surface area contributed by atoms with Crippen LogP contribution in [0.25, 0.3) is 0 Å². The highest BCUT2D eigenvalue weighted by Crippen LogP contribution is 2.38. The van der Waals surface area contributed by atoms with Crippen LogP contribution in [0.3, 0.4) is 0 Å². The summed E-state index contributed by atoms with van der Waals surface area (Å²) < 4.78 is 0. The Hall–Kier alpha value is -0.970. The summed E-state index contributed by atoms with van der Waals surface area (Å²) in [5, 5.41) is 20.9. The van der Waals surface area contributed by atoms with E-state index in [4.69, 9.17) is 23.2 Å². The number of piperidine rings is 1. The van der Waals surface area contributed by atoms with E-state index >= 15 is 0 Å². The zero-order chi connectivity index (χ0) is 14.9. The second kappa shape index (κ2) is 6.20. The van der Waals surface area contributed by atoms with E-state index in [1.165, 1.54) is 12.1 Å². The molecule has 1 aliphatic rings. The van der Waals surface area contributed by atoms with Crippen LogP contribution in [-0.4, -0.2) is 34.1 Å². The highest BCUT2D eigenvalue weighted by Gasteiger charge is 2.29. The van der Waals surface area contributed by atoms with Crippen molar-refractivity contribution in [2.75, 3.05) is 13.1 Å². The predicted molar refractivity (Wildman–Crippen MR) is 78.1 cm³/mol. The van der Waals surface area contributed by atoms with Crippen molar-refractivity contribution >= 4 is 29.1 Å². The second-order valence-electron chi connectivity index (χ2n) is 5.11. The minimum atomic E-state index is -0.807. The molecule has 110 valence electrons. The van der Waals surface area contributed by atoms with Gasteiger partial charge in [-0.2, -0.15) is 0 Å². The molecule has 0 bridgehead atoms. The number of hydrogen-bond donors (Lipinski definition) is 2. The van der Waals surface area contributed by atoms with Gasteiger partial charge in [0.1, 0.15) is 5.75 Å². The summed E-state index contributed by atoms with van der Waals surface area (Å²) in [6.07, 6.45) is 0.583. The van der Waals surface area contributed by atoms with Gasteiger partial charge in [0.2, 0.25) is 5.91 Å². The number of nitrogens with zero attached hydrogens (tertiary/aromatic N) is 1. The van der Waals surface area contributed by atoms with E-state index in [9.17, 15) is 15.0 Å². The van der Waals surface area contributed by atoms with Gasteiger partial charge in [0.15, 0.2) is 0 Å². The number of carbonyl (C=O) groups is 1. The molecule has 1 aromatic rings. The van der Waals surface area contributed by atoms with Gasteiger partial charge < -0.3 is 15.1 Å². The lowest BCUT2D eigenvalue weighted by Crippen LogP contribution is -2.38.